The Labute approximate surface area is 134 Å². The van der Waals surface area contributed by atoms with E-state index in [1.54, 1.807) is 0 Å². The number of piperazine rings is 1. The maximum Gasteiger partial charge on any atom is 0.129 e. The Bertz CT molecular complexity index is 412. The molecular weight excluding hydrogens is 354 g/mol. The Balaban J connectivity index is 0.00000162. The Kier molecular flexibility index (Phi) is 8.86. The van der Waals surface area contributed by atoms with Crippen molar-refractivity contribution in [3.63, 3.8) is 0 Å². The molecule has 0 aromatic heterocycles. The van der Waals surface area contributed by atoms with Crippen LogP contribution in [-0.2, 0) is 0 Å². The van der Waals surface area contributed by atoms with Crippen molar-refractivity contribution in [2.24, 2.45) is 0 Å². The summed E-state index contributed by atoms with van der Waals surface area (Å²) in [6, 6.07) is 5.17. The normalized spacial score (nSPS) is 16.9. The van der Waals surface area contributed by atoms with Gasteiger partial charge in [0, 0.05) is 36.2 Å². The van der Waals surface area contributed by atoms with Crippen molar-refractivity contribution in [3.05, 3.63) is 46.7 Å². The predicted octanol–water partition coefficient (Wildman–Crippen LogP) is 3.56. The van der Waals surface area contributed by atoms with Crippen LogP contribution in [0.4, 0.5) is 4.39 Å². The van der Waals surface area contributed by atoms with Gasteiger partial charge >= 0.3 is 0 Å². The van der Waals surface area contributed by atoms with Crippen molar-refractivity contribution in [2.45, 2.75) is 6.04 Å². The molecule has 0 saturated carbocycles. The lowest BCUT2D eigenvalue weighted by atomic mass is 10.0. The summed E-state index contributed by atoms with van der Waals surface area (Å²) in [5.41, 5.74) is 0.699. The molecule has 0 spiro atoms. The van der Waals surface area contributed by atoms with Crippen LogP contribution in [0.3, 0.4) is 0 Å². The third-order valence-corrected chi connectivity index (χ3v) is 3.54. The number of rotatable bonds is 3. The second kappa shape index (κ2) is 8.93. The van der Waals surface area contributed by atoms with Crippen LogP contribution in [0, 0.1) is 5.82 Å². The molecule has 0 bridgehead atoms. The Morgan fingerprint density at radius 3 is 2.47 bits per heavy atom. The molecule has 2 nitrogen and oxygen atoms in total. The summed E-state index contributed by atoms with van der Waals surface area (Å²) in [6.07, 6.45) is 1.82. The highest BCUT2D eigenvalue weighted by molar-refractivity contribution is 9.10. The first-order chi connectivity index (χ1) is 8.22. The van der Waals surface area contributed by atoms with E-state index in [0.29, 0.717) is 5.56 Å². The molecule has 1 heterocycles. The zero-order valence-corrected chi connectivity index (χ0v) is 13.7. The van der Waals surface area contributed by atoms with Gasteiger partial charge in [-0.3, -0.25) is 4.90 Å². The summed E-state index contributed by atoms with van der Waals surface area (Å²) in [5.74, 6) is -0.178. The number of nitrogens with one attached hydrogen (secondary N) is 1. The van der Waals surface area contributed by atoms with Gasteiger partial charge in [0.2, 0.25) is 0 Å². The minimum atomic E-state index is -0.178. The second-order valence-electron chi connectivity index (χ2n) is 4.13. The maximum atomic E-state index is 13.9. The number of nitrogens with zero attached hydrogens (tertiary/aromatic N) is 1. The lowest BCUT2D eigenvalue weighted by Crippen LogP contribution is -2.44. The van der Waals surface area contributed by atoms with Crippen LogP contribution in [0.5, 0.6) is 0 Å². The third-order valence-electron chi connectivity index (χ3n) is 3.05. The topological polar surface area (TPSA) is 15.3 Å². The van der Waals surface area contributed by atoms with Crippen LogP contribution in [0.15, 0.2) is 35.3 Å². The molecule has 1 aliphatic heterocycles. The number of hydrogen-bond acceptors (Lipinski definition) is 2. The molecule has 0 unspecified atom stereocenters. The van der Waals surface area contributed by atoms with E-state index in [9.17, 15) is 4.39 Å². The van der Waals surface area contributed by atoms with Gasteiger partial charge in [0.25, 0.3) is 0 Å². The van der Waals surface area contributed by atoms with Gasteiger partial charge in [-0.1, -0.05) is 28.1 Å². The lowest BCUT2D eigenvalue weighted by molar-refractivity contribution is 0.200. The average Bonchev–Trinajstić information content (AvgIpc) is 2.34. The minimum Gasteiger partial charge on any atom is -0.314 e. The molecular formula is C13H18BrCl2FN2. The molecule has 1 aromatic rings. The van der Waals surface area contributed by atoms with Crippen molar-refractivity contribution >= 4 is 40.7 Å². The molecule has 1 N–H and O–H groups in total. The minimum absolute atomic E-state index is 0. The highest BCUT2D eigenvalue weighted by atomic mass is 79.9. The zero-order chi connectivity index (χ0) is 12.3. The summed E-state index contributed by atoms with van der Waals surface area (Å²) >= 11 is 3.27. The standard InChI is InChI=1S/C13H16BrFN2.2ClH/c1-2-13(17-7-5-16-6-8-17)11-4-3-10(14)9-12(11)15;;/h2-4,9,13,16H,1,5-8H2;2*1H/t13-;;/m1../s1. The largest absolute Gasteiger partial charge is 0.314 e. The van der Waals surface area contributed by atoms with Crippen LogP contribution >= 0.6 is 40.7 Å². The smallest absolute Gasteiger partial charge is 0.129 e. The maximum absolute atomic E-state index is 13.9. The molecule has 0 radical (unpaired) electrons. The van der Waals surface area contributed by atoms with Gasteiger partial charge in [-0.15, -0.1) is 31.4 Å². The summed E-state index contributed by atoms with van der Waals surface area (Å²) < 4.78 is 14.7. The molecule has 108 valence electrons. The van der Waals surface area contributed by atoms with E-state index in [2.05, 4.69) is 32.7 Å². The lowest BCUT2D eigenvalue weighted by Gasteiger charge is -2.33. The van der Waals surface area contributed by atoms with E-state index in [1.165, 1.54) is 6.07 Å². The van der Waals surface area contributed by atoms with E-state index >= 15 is 0 Å². The molecule has 1 aliphatic rings. The SMILES string of the molecule is C=C[C@H](c1ccc(Br)cc1F)N1CCNCC1.Cl.Cl. The molecule has 2 rings (SSSR count). The number of benzene rings is 1. The van der Waals surface area contributed by atoms with E-state index < -0.39 is 0 Å². The second-order valence-corrected chi connectivity index (χ2v) is 5.05. The summed E-state index contributed by atoms with van der Waals surface area (Å²) in [7, 11) is 0. The first-order valence-corrected chi connectivity index (χ1v) is 6.54. The first-order valence-electron chi connectivity index (χ1n) is 5.74. The van der Waals surface area contributed by atoms with Crippen molar-refractivity contribution in [1.82, 2.24) is 10.2 Å². The average molecular weight is 372 g/mol. The van der Waals surface area contributed by atoms with Crippen molar-refractivity contribution in [3.8, 4) is 0 Å². The number of halogens is 4. The predicted molar refractivity (Wildman–Crippen MR) is 86.0 cm³/mol. The van der Waals surface area contributed by atoms with Crippen LogP contribution in [-0.4, -0.2) is 31.1 Å². The van der Waals surface area contributed by atoms with E-state index in [4.69, 9.17) is 0 Å². The Morgan fingerprint density at radius 1 is 1.32 bits per heavy atom. The summed E-state index contributed by atoms with van der Waals surface area (Å²) in [5, 5.41) is 3.29. The van der Waals surface area contributed by atoms with Gasteiger partial charge in [-0.25, -0.2) is 4.39 Å². The highest BCUT2D eigenvalue weighted by Gasteiger charge is 2.21. The van der Waals surface area contributed by atoms with Crippen LogP contribution in [0.1, 0.15) is 11.6 Å². The van der Waals surface area contributed by atoms with Gasteiger partial charge in [0.1, 0.15) is 5.82 Å². The zero-order valence-electron chi connectivity index (χ0n) is 10.4. The van der Waals surface area contributed by atoms with E-state index in [-0.39, 0.29) is 36.7 Å². The fourth-order valence-corrected chi connectivity index (χ4v) is 2.51. The molecule has 1 atom stereocenters. The molecule has 6 heteroatoms. The van der Waals surface area contributed by atoms with E-state index in [0.717, 1.165) is 30.7 Å². The molecule has 19 heavy (non-hydrogen) atoms. The molecule has 1 saturated heterocycles. The molecule has 0 amide bonds. The van der Waals surface area contributed by atoms with Gasteiger partial charge in [-0.2, -0.15) is 0 Å². The van der Waals surface area contributed by atoms with Crippen LogP contribution in [0.2, 0.25) is 0 Å². The van der Waals surface area contributed by atoms with Gasteiger partial charge in [-0.05, 0) is 12.1 Å². The molecule has 1 aromatic carbocycles. The quantitative estimate of drug-likeness (QED) is 0.817. The fourth-order valence-electron chi connectivity index (χ4n) is 2.17. The van der Waals surface area contributed by atoms with Crippen molar-refractivity contribution in [1.29, 1.82) is 0 Å². The summed E-state index contributed by atoms with van der Waals surface area (Å²) in [4.78, 5) is 2.25. The Hall–Kier alpha value is -0.130. The first kappa shape index (κ1) is 18.9. The third kappa shape index (κ3) is 4.72. The van der Waals surface area contributed by atoms with E-state index in [1.807, 2.05) is 18.2 Å². The summed E-state index contributed by atoms with van der Waals surface area (Å²) in [6.45, 7) is 7.58. The number of hydrogen-bond donors (Lipinski definition) is 1. The Morgan fingerprint density at radius 2 is 1.95 bits per heavy atom. The molecule has 0 aliphatic carbocycles. The van der Waals surface area contributed by atoms with Crippen LogP contribution in [0.25, 0.3) is 0 Å². The van der Waals surface area contributed by atoms with Gasteiger partial charge in [0.05, 0.1) is 6.04 Å². The monoisotopic (exact) mass is 370 g/mol. The van der Waals surface area contributed by atoms with Crippen molar-refractivity contribution < 1.29 is 4.39 Å². The molecule has 1 fully saturated rings. The van der Waals surface area contributed by atoms with Crippen molar-refractivity contribution in [2.75, 3.05) is 26.2 Å². The van der Waals surface area contributed by atoms with Crippen LogP contribution < -0.4 is 5.32 Å². The fraction of sp³-hybridized carbons (Fsp3) is 0.385. The van der Waals surface area contributed by atoms with Gasteiger partial charge in [0.15, 0.2) is 0 Å². The van der Waals surface area contributed by atoms with Gasteiger partial charge < -0.3 is 5.32 Å². The highest BCUT2D eigenvalue weighted by Crippen LogP contribution is 2.26.